The zero-order valence-electron chi connectivity index (χ0n) is 46.5. The highest BCUT2D eigenvalue weighted by Gasteiger charge is 2.22. The lowest BCUT2D eigenvalue weighted by molar-refractivity contribution is -0.383. The summed E-state index contributed by atoms with van der Waals surface area (Å²) in [4.78, 5) is 82.4. The molecule has 83 heavy (non-hydrogen) atoms. The number of hydrogen-bond acceptors (Lipinski definition) is 14. The largest absolute Gasteiger partial charge is 0.431 e. The molecule has 12 rings (SSSR count). The van der Waals surface area contributed by atoms with Gasteiger partial charge >= 0.3 is 5.63 Å². The number of ether oxygens (including phenoxy) is 3. The molecule has 4 aromatic heterocycles. The number of nitro groups is 2. The Morgan fingerprint density at radius 1 is 0.482 bits per heavy atom. The van der Waals surface area contributed by atoms with Crippen LogP contribution in [0.3, 0.4) is 0 Å². The van der Waals surface area contributed by atoms with Crippen molar-refractivity contribution in [1.29, 1.82) is 0 Å². The minimum absolute atomic E-state index is 0.0221. The van der Waals surface area contributed by atoms with Gasteiger partial charge in [-0.05, 0) is 136 Å². The molecule has 3 N–H and O–H groups in total. The molecule has 3 saturated heterocycles. The van der Waals surface area contributed by atoms with Crippen LogP contribution in [0.15, 0.2) is 146 Å². The van der Waals surface area contributed by atoms with Crippen molar-refractivity contribution in [3.63, 3.8) is 0 Å². The summed E-state index contributed by atoms with van der Waals surface area (Å²) in [6.07, 6.45) is 20.4. The van der Waals surface area contributed by atoms with Gasteiger partial charge in [0.25, 0.3) is 28.1 Å². The molecule has 4 aromatic carbocycles. The Balaban J connectivity index is 0.000000137. The average Bonchev–Trinajstić information content (AvgIpc) is 3.95. The molecule has 1 aliphatic carbocycles. The van der Waals surface area contributed by atoms with Crippen LogP contribution < -0.4 is 33.4 Å². The van der Waals surface area contributed by atoms with Crippen molar-refractivity contribution in [1.82, 2.24) is 13.7 Å². The van der Waals surface area contributed by atoms with Crippen molar-refractivity contribution in [2.45, 2.75) is 103 Å². The van der Waals surface area contributed by atoms with Gasteiger partial charge < -0.3 is 43.4 Å². The van der Waals surface area contributed by atoms with E-state index in [4.69, 9.17) is 19.9 Å². The number of nitrogens with two attached hydrogens (primary N) is 1. The van der Waals surface area contributed by atoms with Crippen LogP contribution >= 0.6 is 0 Å². The topological polar surface area (TPSA) is 265 Å². The van der Waals surface area contributed by atoms with Crippen molar-refractivity contribution >= 4 is 71.7 Å². The lowest BCUT2D eigenvalue weighted by Crippen LogP contribution is -2.27. The van der Waals surface area contributed by atoms with Gasteiger partial charge in [-0.2, -0.15) is 0 Å². The lowest BCUT2D eigenvalue weighted by atomic mass is 9.96. The van der Waals surface area contributed by atoms with Crippen LogP contribution in [-0.4, -0.2) is 69.1 Å². The maximum atomic E-state index is 13.0. The van der Waals surface area contributed by atoms with Crippen molar-refractivity contribution in [2.24, 2.45) is 23.7 Å². The van der Waals surface area contributed by atoms with Gasteiger partial charge in [0.2, 0.25) is 5.91 Å². The number of carbonyl (C=O) groups is 1. The number of benzene rings is 4. The van der Waals surface area contributed by atoms with E-state index >= 15 is 0 Å². The van der Waals surface area contributed by atoms with Crippen LogP contribution in [0.25, 0.3) is 43.1 Å². The number of hydrogen-bond donors (Lipinski definition) is 2. The molecule has 1 amide bonds. The third kappa shape index (κ3) is 15.2. The summed E-state index contributed by atoms with van der Waals surface area (Å²) in [5, 5.41) is 29.1. The van der Waals surface area contributed by atoms with Crippen LogP contribution in [0.5, 0.6) is 0 Å². The van der Waals surface area contributed by atoms with E-state index in [1.54, 1.807) is 33.5 Å². The van der Waals surface area contributed by atoms with Gasteiger partial charge in [0.15, 0.2) is 0 Å². The Morgan fingerprint density at radius 3 is 1.39 bits per heavy atom. The van der Waals surface area contributed by atoms with Crippen molar-refractivity contribution < 1.29 is 33.3 Å². The maximum Gasteiger partial charge on any atom is 0.343 e. The molecule has 436 valence electrons. The Bertz CT molecular complexity index is 3810. The van der Waals surface area contributed by atoms with Crippen molar-refractivity contribution in [2.75, 3.05) is 50.7 Å². The molecule has 20 heteroatoms. The Labute approximate surface area is 478 Å². The zero-order valence-corrected chi connectivity index (χ0v) is 46.5. The Morgan fingerprint density at radius 2 is 0.892 bits per heavy atom. The molecule has 0 radical (unpaired) electrons. The first-order valence-corrected chi connectivity index (χ1v) is 28.8. The normalized spacial score (nSPS) is 16.4. The third-order valence-electron chi connectivity index (χ3n) is 16.3. The van der Waals surface area contributed by atoms with Crippen LogP contribution in [0.4, 0.5) is 22.7 Å². The number of nitrogens with one attached hydrogen (secondary N) is 1. The number of anilines is 2. The summed E-state index contributed by atoms with van der Waals surface area (Å²) in [5.74, 6) is 2.00. The van der Waals surface area contributed by atoms with Gasteiger partial charge in [-0.1, -0.05) is 49.9 Å². The quantitative estimate of drug-likeness (QED) is 0.0528. The van der Waals surface area contributed by atoms with Gasteiger partial charge in [-0.3, -0.25) is 39.4 Å². The fourth-order valence-corrected chi connectivity index (χ4v) is 11.6. The number of non-ortho nitro benzene ring substituents is 2. The van der Waals surface area contributed by atoms with Crippen molar-refractivity contribution in [3.8, 4) is 0 Å². The molecule has 4 fully saturated rings. The number of rotatable bonds is 11. The Hall–Kier alpha value is -8.33. The van der Waals surface area contributed by atoms with E-state index in [-0.39, 0.29) is 39.3 Å². The number of nitrogens with zero attached hydrogens (tertiary/aromatic N) is 5. The van der Waals surface area contributed by atoms with Gasteiger partial charge in [-0.25, -0.2) is 4.79 Å². The molecule has 7 heterocycles. The molecule has 0 spiro atoms. The number of amides is 1. The molecular weight excluding hydrogens is 1060 g/mol. The Kier molecular flexibility index (Phi) is 20.4. The van der Waals surface area contributed by atoms with Crippen LogP contribution in [0.2, 0.25) is 0 Å². The monoisotopic (exact) mass is 1130 g/mol. The van der Waals surface area contributed by atoms with E-state index in [1.807, 2.05) is 65.5 Å². The van der Waals surface area contributed by atoms with Gasteiger partial charge in [0.05, 0.1) is 37.7 Å². The number of nitro benzene ring substituents is 2. The summed E-state index contributed by atoms with van der Waals surface area (Å²) < 4.78 is 26.0. The molecule has 20 nitrogen and oxygen atoms in total. The van der Waals surface area contributed by atoms with Crippen LogP contribution in [-0.2, 0) is 38.6 Å². The van der Waals surface area contributed by atoms with E-state index in [2.05, 4.69) is 9.73 Å². The summed E-state index contributed by atoms with van der Waals surface area (Å²) in [6, 6.07) is 27.0. The summed E-state index contributed by atoms with van der Waals surface area (Å²) in [6.45, 7) is 6.79. The summed E-state index contributed by atoms with van der Waals surface area (Å²) in [7, 11) is 0. The molecule has 0 atom stereocenters. The second-order valence-electron chi connectivity index (χ2n) is 21.9. The smallest absolute Gasteiger partial charge is 0.343 e. The van der Waals surface area contributed by atoms with E-state index in [9.17, 15) is 44.2 Å². The molecule has 3 aliphatic heterocycles. The predicted molar refractivity (Wildman–Crippen MR) is 320 cm³/mol. The first-order valence-electron chi connectivity index (χ1n) is 28.8. The minimum atomic E-state index is -0.564. The number of nitrogen functional groups attached to an aromatic ring is 1. The number of fused-ring (bicyclic) bond motifs is 4. The minimum Gasteiger partial charge on any atom is -0.431 e. The average molecular weight is 1130 g/mol. The second kappa shape index (κ2) is 28.6. The lowest BCUT2D eigenvalue weighted by Gasteiger charge is -2.23. The molecular formula is C63H71N7O13. The first kappa shape index (κ1) is 59.3. The fraction of sp³-hybridized carbons (Fsp3) is 0.413. The van der Waals surface area contributed by atoms with E-state index < -0.39 is 15.5 Å². The van der Waals surface area contributed by atoms with E-state index in [0.29, 0.717) is 69.3 Å². The molecule has 1 saturated carbocycles. The third-order valence-corrected chi connectivity index (χ3v) is 16.3. The predicted octanol–water partition coefficient (Wildman–Crippen LogP) is 10.8. The summed E-state index contributed by atoms with van der Waals surface area (Å²) in [5.41, 5.74) is 6.54. The number of pyridine rings is 3. The van der Waals surface area contributed by atoms with Crippen LogP contribution in [0, 0.1) is 43.9 Å². The molecule has 4 aliphatic rings. The van der Waals surface area contributed by atoms with E-state index in [1.165, 1.54) is 56.0 Å². The SMILES string of the molecule is Nc1cccc2c(=O)n(CC3CCOCC3)ccc12.O=C(CC1CCCCCC1)Nc1cccc2c(=O)n(CC3CCOCC3)ccc12.O=c1c2cccc([N+](=O)[O-])c2ccn1CC1CCOCC1.O=c1occc2c([N+](=O)[O-])cccc12. The van der Waals surface area contributed by atoms with Crippen molar-refractivity contribution in [3.05, 3.63) is 184 Å². The number of aromatic nitrogens is 3. The fourth-order valence-electron chi connectivity index (χ4n) is 11.6. The zero-order chi connectivity index (χ0) is 58.2. The van der Waals surface area contributed by atoms with E-state index in [0.717, 1.165) is 127 Å². The highest BCUT2D eigenvalue weighted by atomic mass is 16.6. The van der Waals surface area contributed by atoms with Crippen LogP contribution in [0.1, 0.15) is 83.5 Å². The van der Waals surface area contributed by atoms with Gasteiger partial charge in [-0.15, -0.1) is 0 Å². The molecule has 0 bridgehead atoms. The van der Waals surface area contributed by atoms with Gasteiger partial charge in [0, 0.05) is 129 Å². The highest BCUT2D eigenvalue weighted by molar-refractivity contribution is 6.02. The van der Waals surface area contributed by atoms with Gasteiger partial charge in [0.1, 0.15) is 0 Å². The number of carbonyl (C=O) groups excluding carboxylic acids is 1. The molecule has 0 unspecified atom stereocenters. The maximum absolute atomic E-state index is 13.0. The summed E-state index contributed by atoms with van der Waals surface area (Å²) >= 11 is 0. The second-order valence-corrected chi connectivity index (χ2v) is 21.9. The first-order chi connectivity index (χ1) is 40.3. The highest BCUT2D eigenvalue weighted by Crippen LogP contribution is 2.29. The molecule has 8 aromatic rings. The standard InChI is InChI=1S/C24H32N2O3.C15H16N2O4.C15H18N2O2.C9H5NO4/c27-23(16-18-6-3-1-2-4-7-18)25-22-9-5-8-21-20(22)10-13-26(24(21)28)17-19-11-14-29-15-12-19;18-15-13-2-1-3-14(17(19)20)12(13)4-7-16(15)10-11-5-8-21-9-6-11;16-14-3-1-2-13-12(14)4-7-17(15(13)18)10-11-5-8-19-9-6-11;11-9-7-2-1-3-8(10(12)13)6(7)4-5-14-9/h5,8-10,13,18-19H,1-4,6-7,11-12,14-17H2,(H,25,27);1-4,7,11H,5-6,8-10H2;1-4,7,11H,5-6,8-10,16H2;1-5H.